The molecule has 2 aliphatic rings. The predicted molar refractivity (Wildman–Crippen MR) is 124 cm³/mol. The molecule has 7 heteroatoms. The van der Waals surface area contributed by atoms with Crippen LogP contribution in [0, 0.1) is 13.8 Å². The summed E-state index contributed by atoms with van der Waals surface area (Å²) < 4.78 is 0. The minimum Gasteiger partial charge on any atom is -0.352 e. The number of nitrogens with one attached hydrogen (secondary N) is 2. The van der Waals surface area contributed by atoms with E-state index in [2.05, 4.69) is 41.5 Å². The number of piperazine rings is 1. The summed E-state index contributed by atoms with van der Waals surface area (Å²) in [6, 6.07) is 6.29. The first-order chi connectivity index (χ1) is 13.1. The molecule has 160 valence electrons. The summed E-state index contributed by atoms with van der Waals surface area (Å²) in [7, 11) is 0. The number of amides is 1. The number of nitrogens with zero attached hydrogens (tertiary/aromatic N) is 2. The lowest BCUT2D eigenvalue weighted by Gasteiger charge is -2.27. The second kappa shape index (κ2) is 10.6. The SMILES string of the molecule is Cc1cc(C)c2nc(C3CC3)cc(C(=O)NCCCN3CCNCC3)c2c1.Cl.Cl. The van der Waals surface area contributed by atoms with Crippen molar-refractivity contribution in [2.45, 2.75) is 39.0 Å². The van der Waals surface area contributed by atoms with Crippen LogP contribution < -0.4 is 10.6 Å². The first kappa shape index (κ1) is 23.9. The molecule has 0 unspecified atom stereocenters. The van der Waals surface area contributed by atoms with Gasteiger partial charge in [-0.1, -0.05) is 11.6 Å². The van der Waals surface area contributed by atoms with Crippen LogP contribution in [0.4, 0.5) is 0 Å². The topological polar surface area (TPSA) is 57.3 Å². The van der Waals surface area contributed by atoms with Crippen LogP contribution in [0.1, 0.15) is 52.4 Å². The van der Waals surface area contributed by atoms with Gasteiger partial charge in [0.1, 0.15) is 0 Å². The Morgan fingerprint density at radius 2 is 1.90 bits per heavy atom. The van der Waals surface area contributed by atoms with Gasteiger partial charge in [-0.3, -0.25) is 9.78 Å². The molecular formula is C22H32Cl2N4O. The van der Waals surface area contributed by atoms with E-state index in [1.54, 1.807) is 0 Å². The minimum absolute atomic E-state index is 0. The van der Waals surface area contributed by atoms with Crippen LogP contribution in [0.3, 0.4) is 0 Å². The molecule has 1 aromatic heterocycles. The monoisotopic (exact) mass is 438 g/mol. The second-order valence-electron chi connectivity index (χ2n) is 8.05. The highest BCUT2D eigenvalue weighted by Gasteiger charge is 2.27. The molecule has 1 aliphatic heterocycles. The van der Waals surface area contributed by atoms with Crippen LogP contribution in [0.15, 0.2) is 18.2 Å². The van der Waals surface area contributed by atoms with Crippen LogP contribution in [-0.2, 0) is 0 Å². The predicted octanol–water partition coefficient (Wildman–Crippen LogP) is 3.60. The smallest absolute Gasteiger partial charge is 0.252 e. The van der Waals surface area contributed by atoms with Crippen molar-refractivity contribution in [3.05, 3.63) is 40.6 Å². The third kappa shape index (κ3) is 5.82. The first-order valence-corrected chi connectivity index (χ1v) is 10.2. The van der Waals surface area contributed by atoms with Gasteiger partial charge in [-0.05, 0) is 57.4 Å². The number of fused-ring (bicyclic) bond motifs is 1. The van der Waals surface area contributed by atoms with Gasteiger partial charge in [-0.15, -0.1) is 24.8 Å². The molecule has 1 saturated carbocycles. The van der Waals surface area contributed by atoms with E-state index in [0.29, 0.717) is 5.92 Å². The van der Waals surface area contributed by atoms with Gasteiger partial charge in [0.25, 0.3) is 5.91 Å². The Morgan fingerprint density at radius 3 is 2.59 bits per heavy atom. The van der Waals surface area contributed by atoms with Gasteiger partial charge in [0.15, 0.2) is 0 Å². The Balaban J connectivity index is 0.00000150. The molecule has 2 N–H and O–H groups in total. The third-order valence-electron chi connectivity index (χ3n) is 5.65. The number of carbonyl (C=O) groups is 1. The lowest BCUT2D eigenvalue weighted by Crippen LogP contribution is -2.44. The summed E-state index contributed by atoms with van der Waals surface area (Å²) >= 11 is 0. The van der Waals surface area contributed by atoms with Crippen LogP contribution >= 0.6 is 24.8 Å². The van der Waals surface area contributed by atoms with Crippen molar-refractivity contribution in [1.82, 2.24) is 20.5 Å². The fourth-order valence-electron chi connectivity index (χ4n) is 4.01. The summed E-state index contributed by atoms with van der Waals surface area (Å²) in [5.74, 6) is 0.573. The maximum absolute atomic E-state index is 13.0. The number of carbonyl (C=O) groups excluding carboxylic acids is 1. The standard InChI is InChI=1S/C22H30N4O.2ClH/c1-15-12-16(2)21-18(13-15)19(14-20(25-21)17-4-5-17)22(27)24-6-3-9-26-10-7-23-8-11-26;;/h12-14,17,23H,3-11H2,1-2H3,(H,24,27);2*1H. The van der Waals surface area contributed by atoms with Gasteiger partial charge < -0.3 is 15.5 Å². The molecule has 0 radical (unpaired) electrons. The molecule has 0 spiro atoms. The highest BCUT2D eigenvalue weighted by Crippen LogP contribution is 2.40. The Bertz CT molecular complexity index is 848. The summed E-state index contributed by atoms with van der Waals surface area (Å²) in [5, 5.41) is 7.50. The number of pyridine rings is 1. The molecule has 0 atom stereocenters. The Labute approximate surface area is 185 Å². The Kier molecular flexibility index (Phi) is 8.71. The van der Waals surface area contributed by atoms with E-state index >= 15 is 0 Å². The zero-order valence-electron chi connectivity index (χ0n) is 17.3. The summed E-state index contributed by atoms with van der Waals surface area (Å²) in [5.41, 5.74) is 5.18. The molecule has 29 heavy (non-hydrogen) atoms. The normalized spacial score (nSPS) is 16.8. The molecule has 1 amide bonds. The third-order valence-corrected chi connectivity index (χ3v) is 5.65. The summed E-state index contributed by atoms with van der Waals surface area (Å²) in [4.78, 5) is 20.3. The van der Waals surface area contributed by atoms with Gasteiger partial charge in [0.2, 0.25) is 0 Å². The zero-order chi connectivity index (χ0) is 18.8. The number of benzene rings is 1. The molecule has 1 saturated heterocycles. The number of halogens is 2. The van der Waals surface area contributed by atoms with Crippen molar-refractivity contribution >= 4 is 41.6 Å². The fraction of sp³-hybridized carbons (Fsp3) is 0.545. The van der Waals surface area contributed by atoms with Gasteiger partial charge in [-0.25, -0.2) is 0 Å². The van der Waals surface area contributed by atoms with Gasteiger partial charge >= 0.3 is 0 Å². The highest BCUT2D eigenvalue weighted by atomic mass is 35.5. The molecule has 4 rings (SSSR count). The van der Waals surface area contributed by atoms with Crippen LogP contribution in [0.2, 0.25) is 0 Å². The molecule has 0 bridgehead atoms. The molecule has 2 aromatic rings. The Hall–Kier alpha value is -1.40. The van der Waals surface area contributed by atoms with Crippen LogP contribution in [-0.4, -0.2) is 55.1 Å². The molecule has 5 nitrogen and oxygen atoms in total. The fourth-order valence-corrected chi connectivity index (χ4v) is 4.01. The van der Waals surface area contributed by atoms with Crippen molar-refractivity contribution in [2.75, 3.05) is 39.3 Å². The van der Waals surface area contributed by atoms with Crippen molar-refractivity contribution in [2.24, 2.45) is 0 Å². The van der Waals surface area contributed by atoms with Gasteiger partial charge in [-0.2, -0.15) is 0 Å². The molecule has 1 aliphatic carbocycles. The van der Waals surface area contributed by atoms with E-state index in [1.165, 1.54) is 18.4 Å². The highest BCUT2D eigenvalue weighted by molar-refractivity contribution is 6.07. The first-order valence-electron chi connectivity index (χ1n) is 10.2. The van der Waals surface area contributed by atoms with E-state index < -0.39 is 0 Å². The van der Waals surface area contributed by atoms with E-state index in [9.17, 15) is 4.79 Å². The number of aromatic nitrogens is 1. The molecule has 1 aromatic carbocycles. The maximum Gasteiger partial charge on any atom is 0.252 e. The lowest BCUT2D eigenvalue weighted by molar-refractivity contribution is 0.0952. The number of aryl methyl sites for hydroxylation is 2. The number of rotatable bonds is 6. The summed E-state index contributed by atoms with van der Waals surface area (Å²) in [6.07, 6.45) is 3.37. The van der Waals surface area contributed by atoms with Crippen molar-refractivity contribution in [1.29, 1.82) is 0 Å². The van der Waals surface area contributed by atoms with Crippen molar-refractivity contribution in [3.8, 4) is 0 Å². The van der Waals surface area contributed by atoms with E-state index in [-0.39, 0.29) is 30.7 Å². The van der Waals surface area contributed by atoms with E-state index in [1.807, 2.05) is 6.07 Å². The van der Waals surface area contributed by atoms with Crippen LogP contribution in [0.25, 0.3) is 10.9 Å². The summed E-state index contributed by atoms with van der Waals surface area (Å²) in [6.45, 7) is 10.3. The Morgan fingerprint density at radius 1 is 1.17 bits per heavy atom. The molecular weight excluding hydrogens is 407 g/mol. The molecule has 2 heterocycles. The average molecular weight is 439 g/mol. The minimum atomic E-state index is 0. The quantitative estimate of drug-likeness (QED) is 0.676. The van der Waals surface area contributed by atoms with E-state index in [4.69, 9.17) is 4.98 Å². The van der Waals surface area contributed by atoms with Crippen LogP contribution in [0.5, 0.6) is 0 Å². The zero-order valence-corrected chi connectivity index (χ0v) is 18.9. The van der Waals surface area contributed by atoms with Crippen molar-refractivity contribution in [3.63, 3.8) is 0 Å². The lowest BCUT2D eigenvalue weighted by atomic mass is 10.00. The van der Waals surface area contributed by atoms with E-state index in [0.717, 1.165) is 73.4 Å². The van der Waals surface area contributed by atoms with Gasteiger partial charge in [0, 0.05) is 49.7 Å². The largest absolute Gasteiger partial charge is 0.352 e. The maximum atomic E-state index is 13.0. The molecule has 2 fully saturated rings. The van der Waals surface area contributed by atoms with Gasteiger partial charge in [0.05, 0.1) is 11.1 Å². The van der Waals surface area contributed by atoms with Crippen molar-refractivity contribution < 1.29 is 4.79 Å². The second-order valence-corrected chi connectivity index (χ2v) is 8.05. The average Bonchev–Trinajstić information content (AvgIpc) is 3.50. The number of hydrogen-bond donors (Lipinski definition) is 2. The number of hydrogen-bond acceptors (Lipinski definition) is 4.